The van der Waals surface area contributed by atoms with Gasteiger partial charge in [0.2, 0.25) is 17.3 Å². The third kappa shape index (κ3) is 3.97. The maximum atomic E-state index is 14.0. The van der Waals surface area contributed by atoms with Gasteiger partial charge in [0, 0.05) is 17.0 Å². The molecule has 0 radical (unpaired) electrons. The van der Waals surface area contributed by atoms with E-state index in [0.717, 1.165) is 16.8 Å². The lowest BCUT2D eigenvalue weighted by molar-refractivity contribution is 0.220. The number of nitrogens with zero attached hydrogens (tertiary/aromatic N) is 3. The molecule has 0 bridgehead atoms. The molecule has 1 aromatic heterocycles. The van der Waals surface area contributed by atoms with Crippen molar-refractivity contribution in [2.45, 2.75) is 17.1 Å². The van der Waals surface area contributed by atoms with Crippen molar-refractivity contribution in [2.75, 3.05) is 12.4 Å². The van der Waals surface area contributed by atoms with Crippen molar-refractivity contribution < 1.29 is 13.9 Å². The molecule has 0 spiro atoms. The van der Waals surface area contributed by atoms with E-state index in [1.54, 1.807) is 25.3 Å². The summed E-state index contributed by atoms with van der Waals surface area (Å²) in [7, 11) is 1.62. The highest BCUT2D eigenvalue weighted by molar-refractivity contribution is 7.98. The molecular weight excluding hydrogens is 427 g/mol. The van der Waals surface area contributed by atoms with Gasteiger partial charge in [0.15, 0.2) is 5.69 Å². The minimum absolute atomic E-state index is 0.256. The largest absolute Gasteiger partial charge is 0.496 e. The van der Waals surface area contributed by atoms with Crippen LogP contribution in [-0.2, 0) is 5.75 Å². The maximum absolute atomic E-state index is 14.0. The standard InChI is InChI=1S/C24H19FN4O2S/c1-30-20-13-7-4-10-17(20)22-26-19-12-6-3-9-16(19)21-23(31-22)27-24(29-28-21)32-14-15-8-2-5-11-18(15)25/h2-13,22,26H,14H2,1H3/t22-/m0/s1. The van der Waals surface area contributed by atoms with Crippen LogP contribution in [0.3, 0.4) is 0 Å². The number of halogens is 1. The number of para-hydroxylation sites is 2. The fraction of sp³-hybridized carbons (Fsp3) is 0.125. The average molecular weight is 447 g/mol. The molecule has 1 atom stereocenters. The maximum Gasteiger partial charge on any atom is 0.247 e. The highest BCUT2D eigenvalue weighted by Gasteiger charge is 2.27. The SMILES string of the molecule is COc1ccccc1[C@H]1Nc2ccccc2-c2nnc(SCc3ccccc3F)nc2O1. The molecule has 0 saturated heterocycles. The number of aromatic nitrogens is 3. The van der Waals surface area contributed by atoms with E-state index in [1.807, 2.05) is 48.5 Å². The topological polar surface area (TPSA) is 69.2 Å². The summed E-state index contributed by atoms with van der Waals surface area (Å²) in [6, 6.07) is 22.1. The molecule has 8 heteroatoms. The van der Waals surface area contributed by atoms with Crippen LogP contribution < -0.4 is 14.8 Å². The van der Waals surface area contributed by atoms with Gasteiger partial charge in [-0.15, -0.1) is 10.2 Å². The van der Waals surface area contributed by atoms with Crippen molar-refractivity contribution in [1.82, 2.24) is 15.2 Å². The van der Waals surface area contributed by atoms with Crippen molar-refractivity contribution >= 4 is 17.4 Å². The Labute approximate surface area is 188 Å². The number of thioether (sulfide) groups is 1. The number of hydrogen-bond acceptors (Lipinski definition) is 7. The second kappa shape index (κ2) is 8.84. The van der Waals surface area contributed by atoms with Crippen LogP contribution in [0.15, 0.2) is 78.0 Å². The van der Waals surface area contributed by atoms with Crippen molar-refractivity contribution in [3.05, 3.63) is 89.7 Å². The minimum atomic E-state index is -0.547. The summed E-state index contributed by atoms with van der Waals surface area (Å²) >= 11 is 1.30. The molecule has 2 heterocycles. The van der Waals surface area contributed by atoms with Gasteiger partial charge in [-0.3, -0.25) is 0 Å². The zero-order valence-corrected chi connectivity index (χ0v) is 18.0. The Bertz CT molecular complexity index is 1270. The van der Waals surface area contributed by atoms with Crippen LogP contribution in [0.5, 0.6) is 11.6 Å². The van der Waals surface area contributed by atoms with E-state index in [2.05, 4.69) is 20.5 Å². The molecule has 6 nitrogen and oxygen atoms in total. The number of benzene rings is 3. The van der Waals surface area contributed by atoms with Gasteiger partial charge >= 0.3 is 0 Å². The molecule has 4 aromatic rings. The van der Waals surface area contributed by atoms with E-state index >= 15 is 0 Å². The molecule has 0 unspecified atom stereocenters. The highest BCUT2D eigenvalue weighted by Crippen LogP contribution is 2.41. The second-order valence-corrected chi connectivity index (χ2v) is 8.00. The molecule has 0 fully saturated rings. The average Bonchev–Trinajstić information content (AvgIpc) is 3.00. The summed E-state index contributed by atoms with van der Waals surface area (Å²) in [6.07, 6.45) is -0.547. The molecule has 1 N–H and O–H groups in total. The third-order valence-corrected chi connectivity index (χ3v) is 5.96. The molecule has 32 heavy (non-hydrogen) atoms. The summed E-state index contributed by atoms with van der Waals surface area (Å²) < 4.78 is 25.8. The van der Waals surface area contributed by atoms with Crippen LogP contribution in [0.1, 0.15) is 17.4 Å². The fourth-order valence-corrected chi connectivity index (χ4v) is 4.25. The van der Waals surface area contributed by atoms with Gasteiger partial charge in [0.25, 0.3) is 0 Å². The molecule has 1 aliphatic rings. The summed E-state index contributed by atoms with van der Waals surface area (Å²) in [4.78, 5) is 4.61. The smallest absolute Gasteiger partial charge is 0.247 e. The number of methoxy groups -OCH3 is 1. The number of fused-ring (bicyclic) bond motifs is 3. The van der Waals surface area contributed by atoms with E-state index in [0.29, 0.717) is 33.8 Å². The lowest BCUT2D eigenvalue weighted by atomic mass is 10.1. The van der Waals surface area contributed by atoms with Crippen LogP contribution in [-0.4, -0.2) is 22.3 Å². The van der Waals surface area contributed by atoms with Crippen LogP contribution >= 0.6 is 11.8 Å². The quantitative estimate of drug-likeness (QED) is 0.407. The molecule has 0 aliphatic carbocycles. The van der Waals surface area contributed by atoms with Crippen molar-refractivity contribution in [1.29, 1.82) is 0 Å². The van der Waals surface area contributed by atoms with Gasteiger partial charge in [-0.2, -0.15) is 4.98 Å². The number of hydrogen-bond donors (Lipinski definition) is 1. The Kier molecular flexibility index (Phi) is 5.60. The minimum Gasteiger partial charge on any atom is -0.496 e. The third-order valence-electron chi connectivity index (χ3n) is 5.07. The zero-order chi connectivity index (χ0) is 21.9. The van der Waals surface area contributed by atoms with Crippen molar-refractivity contribution in [2.24, 2.45) is 0 Å². The first kappa shape index (κ1) is 20.3. The van der Waals surface area contributed by atoms with Crippen LogP contribution in [0.25, 0.3) is 11.3 Å². The molecule has 5 rings (SSSR count). The first-order chi connectivity index (χ1) is 15.7. The predicted molar refractivity (Wildman–Crippen MR) is 121 cm³/mol. The summed E-state index contributed by atoms with van der Waals surface area (Å²) in [5.41, 5.74) is 3.64. The predicted octanol–water partition coefficient (Wildman–Crippen LogP) is 5.48. The highest BCUT2D eigenvalue weighted by atomic mass is 32.2. The lowest BCUT2D eigenvalue weighted by Crippen LogP contribution is -2.18. The van der Waals surface area contributed by atoms with Gasteiger partial charge in [-0.05, 0) is 29.8 Å². The first-order valence-electron chi connectivity index (χ1n) is 9.99. The van der Waals surface area contributed by atoms with E-state index in [4.69, 9.17) is 9.47 Å². The molecule has 1 aliphatic heterocycles. The molecule has 0 amide bonds. The van der Waals surface area contributed by atoms with Gasteiger partial charge in [-0.1, -0.05) is 60.3 Å². The summed E-state index contributed by atoms with van der Waals surface area (Å²) in [6.45, 7) is 0. The molecule has 160 valence electrons. The first-order valence-corrected chi connectivity index (χ1v) is 11.0. The Balaban J connectivity index is 1.51. The van der Waals surface area contributed by atoms with Gasteiger partial charge in [0.05, 0.1) is 12.7 Å². The Morgan fingerprint density at radius 2 is 1.78 bits per heavy atom. The van der Waals surface area contributed by atoms with Gasteiger partial charge in [0.1, 0.15) is 11.6 Å². The van der Waals surface area contributed by atoms with E-state index in [1.165, 1.54) is 17.8 Å². The van der Waals surface area contributed by atoms with Crippen molar-refractivity contribution in [3.63, 3.8) is 0 Å². The fourth-order valence-electron chi connectivity index (χ4n) is 3.49. The van der Waals surface area contributed by atoms with E-state index in [-0.39, 0.29) is 5.82 Å². The number of rotatable bonds is 5. The van der Waals surface area contributed by atoms with Gasteiger partial charge < -0.3 is 14.8 Å². The van der Waals surface area contributed by atoms with Crippen molar-refractivity contribution in [3.8, 4) is 22.9 Å². The Morgan fingerprint density at radius 3 is 2.66 bits per heavy atom. The normalized spacial score (nSPS) is 14.4. The zero-order valence-electron chi connectivity index (χ0n) is 17.2. The number of ether oxygens (including phenoxy) is 2. The van der Waals surface area contributed by atoms with Crippen LogP contribution in [0.2, 0.25) is 0 Å². The summed E-state index contributed by atoms with van der Waals surface area (Å²) in [5, 5.41) is 12.5. The summed E-state index contributed by atoms with van der Waals surface area (Å²) in [5.74, 6) is 1.18. The Morgan fingerprint density at radius 1 is 1.00 bits per heavy atom. The molecule has 0 saturated carbocycles. The Hall–Kier alpha value is -3.65. The lowest BCUT2D eigenvalue weighted by Gasteiger charge is -2.21. The van der Waals surface area contributed by atoms with E-state index in [9.17, 15) is 4.39 Å². The number of nitrogens with one attached hydrogen (secondary N) is 1. The van der Waals surface area contributed by atoms with Crippen LogP contribution in [0.4, 0.5) is 10.1 Å². The second-order valence-electron chi connectivity index (χ2n) is 7.06. The number of anilines is 1. The van der Waals surface area contributed by atoms with Crippen LogP contribution in [0, 0.1) is 5.82 Å². The molecule has 3 aromatic carbocycles. The monoisotopic (exact) mass is 446 g/mol. The van der Waals surface area contributed by atoms with E-state index < -0.39 is 6.23 Å². The van der Waals surface area contributed by atoms with Gasteiger partial charge in [-0.25, -0.2) is 4.39 Å². The molecular formula is C24H19FN4O2S.